The average Bonchev–Trinajstić information content (AvgIpc) is 3.67. The Morgan fingerprint density at radius 2 is 1.60 bits per heavy atom. The summed E-state index contributed by atoms with van der Waals surface area (Å²) in [4.78, 5) is 26.2. The molecule has 8 nitrogen and oxygen atoms in total. The highest BCUT2D eigenvalue weighted by atomic mass is 32.2. The first-order valence-electron chi connectivity index (χ1n) is 11.3. The predicted octanol–water partition coefficient (Wildman–Crippen LogP) is 4.06. The number of para-hydroxylation sites is 2. The van der Waals surface area contributed by atoms with Crippen LogP contribution >= 0.6 is 0 Å². The number of ether oxygens (including phenoxy) is 2. The summed E-state index contributed by atoms with van der Waals surface area (Å²) in [7, 11) is -3.64. The van der Waals surface area contributed by atoms with E-state index >= 15 is 0 Å². The number of amides is 1. The van der Waals surface area contributed by atoms with E-state index in [1.165, 1.54) is 24.3 Å². The van der Waals surface area contributed by atoms with Crippen LogP contribution in [-0.4, -0.2) is 32.9 Å². The van der Waals surface area contributed by atoms with Gasteiger partial charge in [0.1, 0.15) is 5.75 Å². The number of hydrogen-bond donors (Lipinski definition) is 2. The normalized spacial score (nSPS) is 14.1. The Bertz CT molecular complexity index is 1290. The maximum absolute atomic E-state index is 13.2. The van der Waals surface area contributed by atoms with Crippen LogP contribution in [0.2, 0.25) is 0 Å². The van der Waals surface area contributed by atoms with Gasteiger partial charge in [-0.15, -0.1) is 0 Å². The van der Waals surface area contributed by atoms with E-state index in [-0.39, 0.29) is 16.5 Å². The molecule has 0 aromatic heterocycles. The third kappa shape index (κ3) is 6.26. The number of nitrogens with one attached hydrogen (secondary N) is 2. The Hall–Kier alpha value is -3.69. The fourth-order valence-corrected chi connectivity index (χ4v) is 4.69. The highest BCUT2D eigenvalue weighted by molar-refractivity contribution is 7.89. The van der Waals surface area contributed by atoms with Crippen LogP contribution in [0.1, 0.15) is 41.8 Å². The van der Waals surface area contributed by atoms with Crippen molar-refractivity contribution < 1.29 is 27.5 Å². The molecule has 0 aliphatic heterocycles. The van der Waals surface area contributed by atoms with Gasteiger partial charge in [-0.3, -0.25) is 4.79 Å². The molecular weight excluding hydrogens is 468 g/mol. The van der Waals surface area contributed by atoms with Gasteiger partial charge in [-0.05, 0) is 56.2 Å². The lowest BCUT2D eigenvalue weighted by molar-refractivity contribution is -0.125. The molecule has 0 radical (unpaired) electrons. The van der Waals surface area contributed by atoms with Gasteiger partial charge in [0.15, 0.2) is 0 Å². The van der Waals surface area contributed by atoms with Crippen LogP contribution in [0.3, 0.4) is 0 Å². The Morgan fingerprint density at radius 3 is 2.26 bits per heavy atom. The summed E-state index contributed by atoms with van der Waals surface area (Å²) >= 11 is 0. The van der Waals surface area contributed by atoms with E-state index in [1.807, 2.05) is 6.92 Å². The lowest BCUT2D eigenvalue weighted by atomic mass is 10.1. The third-order valence-corrected chi connectivity index (χ3v) is 6.85. The number of carbonyl (C=O) groups is 2. The van der Waals surface area contributed by atoms with E-state index < -0.39 is 28.0 Å². The third-order valence-electron chi connectivity index (χ3n) is 5.31. The maximum Gasteiger partial charge on any atom is 0.339 e. The van der Waals surface area contributed by atoms with E-state index in [0.29, 0.717) is 23.6 Å². The molecule has 1 fully saturated rings. The minimum atomic E-state index is -3.64. The SMILES string of the molecule is CCOc1ccccc1NC(=O)C(OC(=O)c1ccc(S(=O)(=O)NC2CC2)cc1)c1ccccc1. The molecular formula is C26H26N2O6S. The quantitative estimate of drug-likeness (QED) is 0.411. The van der Waals surface area contributed by atoms with Crippen LogP contribution < -0.4 is 14.8 Å². The lowest BCUT2D eigenvalue weighted by Crippen LogP contribution is -2.26. The summed E-state index contributed by atoms with van der Waals surface area (Å²) in [5.74, 6) is -0.811. The number of esters is 1. The van der Waals surface area contributed by atoms with E-state index in [9.17, 15) is 18.0 Å². The average molecular weight is 495 g/mol. The van der Waals surface area contributed by atoms with Crippen LogP contribution in [0.5, 0.6) is 5.75 Å². The molecule has 1 aliphatic carbocycles. The molecule has 182 valence electrons. The van der Waals surface area contributed by atoms with Gasteiger partial charge in [0.2, 0.25) is 16.1 Å². The molecule has 4 rings (SSSR count). The van der Waals surface area contributed by atoms with Crippen LogP contribution in [0.15, 0.2) is 83.8 Å². The molecule has 1 unspecified atom stereocenters. The Morgan fingerprint density at radius 1 is 0.943 bits per heavy atom. The molecule has 0 saturated heterocycles. The molecule has 1 aliphatic rings. The summed E-state index contributed by atoms with van der Waals surface area (Å²) in [6.45, 7) is 2.26. The number of anilines is 1. The first-order valence-corrected chi connectivity index (χ1v) is 12.8. The molecule has 0 bridgehead atoms. The Labute approximate surface area is 204 Å². The van der Waals surface area contributed by atoms with Crippen molar-refractivity contribution in [2.24, 2.45) is 0 Å². The maximum atomic E-state index is 13.2. The molecule has 2 N–H and O–H groups in total. The van der Waals surface area contributed by atoms with E-state index in [0.717, 1.165) is 12.8 Å². The summed E-state index contributed by atoms with van der Waals surface area (Å²) < 4.78 is 38.5. The lowest BCUT2D eigenvalue weighted by Gasteiger charge is -2.19. The number of hydrogen-bond acceptors (Lipinski definition) is 6. The van der Waals surface area contributed by atoms with Gasteiger partial charge in [0.25, 0.3) is 5.91 Å². The van der Waals surface area contributed by atoms with Gasteiger partial charge in [0.05, 0.1) is 22.8 Å². The number of carbonyl (C=O) groups excluding carboxylic acids is 2. The number of rotatable bonds is 10. The van der Waals surface area contributed by atoms with Gasteiger partial charge in [-0.2, -0.15) is 0 Å². The summed E-state index contributed by atoms with van der Waals surface area (Å²) in [5, 5.41) is 2.78. The molecule has 1 atom stereocenters. The molecule has 0 spiro atoms. The number of sulfonamides is 1. The first kappa shape index (κ1) is 24.4. The van der Waals surface area contributed by atoms with Gasteiger partial charge in [0, 0.05) is 11.6 Å². The summed E-state index contributed by atoms with van der Waals surface area (Å²) in [6.07, 6.45) is 0.404. The molecule has 3 aromatic rings. The molecule has 0 heterocycles. The minimum absolute atomic E-state index is 0.0253. The van der Waals surface area contributed by atoms with Gasteiger partial charge in [-0.1, -0.05) is 42.5 Å². The van der Waals surface area contributed by atoms with E-state index in [1.54, 1.807) is 54.6 Å². The van der Waals surface area contributed by atoms with Crippen molar-refractivity contribution in [3.63, 3.8) is 0 Å². The smallest absolute Gasteiger partial charge is 0.339 e. The van der Waals surface area contributed by atoms with Crippen molar-refractivity contribution in [1.82, 2.24) is 4.72 Å². The van der Waals surface area contributed by atoms with Crippen LogP contribution in [0.4, 0.5) is 5.69 Å². The second-order valence-electron chi connectivity index (χ2n) is 8.03. The van der Waals surface area contributed by atoms with Crippen LogP contribution in [0.25, 0.3) is 0 Å². The largest absolute Gasteiger partial charge is 0.492 e. The predicted molar refractivity (Wildman–Crippen MR) is 131 cm³/mol. The van der Waals surface area contributed by atoms with Crippen molar-refractivity contribution in [2.75, 3.05) is 11.9 Å². The zero-order valence-corrected chi connectivity index (χ0v) is 20.0. The van der Waals surface area contributed by atoms with Gasteiger partial charge >= 0.3 is 5.97 Å². The van der Waals surface area contributed by atoms with Crippen molar-refractivity contribution in [3.8, 4) is 5.75 Å². The second kappa shape index (κ2) is 10.7. The van der Waals surface area contributed by atoms with Gasteiger partial charge in [-0.25, -0.2) is 17.9 Å². The molecule has 1 amide bonds. The molecule has 35 heavy (non-hydrogen) atoms. The second-order valence-corrected chi connectivity index (χ2v) is 9.75. The molecule has 3 aromatic carbocycles. The Balaban J connectivity index is 1.53. The van der Waals surface area contributed by atoms with Crippen molar-refractivity contribution in [3.05, 3.63) is 90.0 Å². The fourth-order valence-electron chi connectivity index (χ4n) is 3.38. The fraction of sp³-hybridized carbons (Fsp3) is 0.231. The van der Waals surface area contributed by atoms with E-state index in [4.69, 9.17) is 9.47 Å². The van der Waals surface area contributed by atoms with Crippen molar-refractivity contribution >= 4 is 27.6 Å². The molecule has 9 heteroatoms. The zero-order valence-electron chi connectivity index (χ0n) is 19.1. The molecule has 1 saturated carbocycles. The standard InChI is InChI=1S/C26H26N2O6S/c1-2-33-23-11-7-6-10-22(23)27-25(29)24(18-8-4-3-5-9-18)34-26(30)19-12-16-21(17-13-19)35(31,32)28-20-14-15-20/h3-13,16-17,20,24,28H,2,14-15H2,1H3,(H,27,29). The summed E-state index contributed by atoms with van der Waals surface area (Å²) in [6, 6.07) is 21.0. The number of benzene rings is 3. The monoisotopic (exact) mass is 494 g/mol. The first-order chi connectivity index (χ1) is 16.9. The summed E-state index contributed by atoms with van der Waals surface area (Å²) in [5.41, 5.74) is 1.06. The Kier molecular flexibility index (Phi) is 7.48. The van der Waals surface area contributed by atoms with Crippen molar-refractivity contribution in [2.45, 2.75) is 36.8 Å². The van der Waals surface area contributed by atoms with Crippen molar-refractivity contribution in [1.29, 1.82) is 0 Å². The highest BCUT2D eigenvalue weighted by Crippen LogP contribution is 2.27. The van der Waals surface area contributed by atoms with E-state index in [2.05, 4.69) is 10.0 Å². The van der Waals surface area contributed by atoms with Crippen LogP contribution in [0, 0.1) is 0 Å². The van der Waals surface area contributed by atoms with Gasteiger partial charge < -0.3 is 14.8 Å². The zero-order chi connectivity index (χ0) is 24.8. The topological polar surface area (TPSA) is 111 Å². The van der Waals surface area contributed by atoms with Crippen LogP contribution in [-0.2, 0) is 19.6 Å². The highest BCUT2D eigenvalue weighted by Gasteiger charge is 2.29. The minimum Gasteiger partial charge on any atom is -0.492 e.